The molecule has 2 rings (SSSR count). The number of ether oxygens (including phenoxy) is 2. The van der Waals surface area contributed by atoms with E-state index in [9.17, 15) is 0 Å². The maximum atomic E-state index is 8.70. The number of aliphatic hydroxyl groups excluding tert-OH is 1. The van der Waals surface area contributed by atoms with Gasteiger partial charge < -0.3 is 14.6 Å². The smallest absolute Gasteiger partial charge is 0.122 e. The molecule has 3 heteroatoms. The van der Waals surface area contributed by atoms with Gasteiger partial charge in [-0.2, -0.15) is 0 Å². The fourth-order valence-corrected chi connectivity index (χ4v) is 2.30. The Hall–Kier alpha value is -1.50. The molecule has 1 N–H and O–H groups in total. The minimum absolute atomic E-state index is 0.104. The molecular weight excluding hydrogens is 252 g/mol. The van der Waals surface area contributed by atoms with E-state index in [2.05, 4.69) is 18.8 Å². The molecule has 108 valence electrons. The molecule has 0 spiro atoms. The van der Waals surface area contributed by atoms with E-state index in [1.54, 1.807) is 0 Å². The van der Waals surface area contributed by atoms with Gasteiger partial charge in [0.15, 0.2) is 0 Å². The highest BCUT2D eigenvalue weighted by molar-refractivity contribution is 5.43. The van der Waals surface area contributed by atoms with Gasteiger partial charge in [0.25, 0.3) is 0 Å². The molecule has 3 nitrogen and oxygen atoms in total. The average molecular weight is 274 g/mol. The number of rotatable bonds is 4. The van der Waals surface area contributed by atoms with Crippen LogP contribution in [-0.4, -0.2) is 30.5 Å². The van der Waals surface area contributed by atoms with Gasteiger partial charge in [0, 0.05) is 12.0 Å². The van der Waals surface area contributed by atoms with Crippen LogP contribution in [0.2, 0.25) is 0 Å². The van der Waals surface area contributed by atoms with E-state index in [1.807, 2.05) is 25.1 Å². The zero-order chi connectivity index (χ0) is 14.4. The van der Waals surface area contributed by atoms with Gasteiger partial charge in [-0.05, 0) is 50.5 Å². The van der Waals surface area contributed by atoms with Gasteiger partial charge in [0.05, 0.1) is 18.8 Å². The van der Waals surface area contributed by atoms with Crippen molar-refractivity contribution in [1.29, 1.82) is 0 Å². The van der Waals surface area contributed by atoms with Crippen LogP contribution >= 0.6 is 0 Å². The Bertz CT molecular complexity index is 499. The molecule has 0 aromatic heterocycles. The van der Waals surface area contributed by atoms with Crippen molar-refractivity contribution in [2.24, 2.45) is 0 Å². The molecule has 1 aliphatic heterocycles. The zero-order valence-corrected chi connectivity index (χ0v) is 12.2. The molecule has 0 aliphatic carbocycles. The van der Waals surface area contributed by atoms with E-state index in [4.69, 9.17) is 14.6 Å². The maximum Gasteiger partial charge on any atom is 0.122 e. The third kappa shape index (κ3) is 4.26. The molecule has 0 saturated carbocycles. The highest BCUT2D eigenvalue weighted by atomic mass is 16.5. The molecule has 1 aliphatic rings. The van der Waals surface area contributed by atoms with Crippen LogP contribution in [0, 0.1) is 18.8 Å². The van der Waals surface area contributed by atoms with Crippen molar-refractivity contribution < 1.29 is 14.6 Å². The van der Waals surface area contributed by atoms with Crippen molar-refractivity contribution in [3.05, 3.63) is 29.3 Å². The van der Waals surface area contributed by atoms with Gasteiger partial charge in [-0.1, -0.05) is 11.8 Å². The van der Waals surface area contributed by atoms with Gasteiger partial charge in [-0.25, -0.2) is 0 Å². The first kappa shape index (κ1) is 14.9. The van der Waals surface area contributed by atoms with Crippen molar-refractivity contribution in [2.45, 2.75) is 45.3 Å². The molecule has 1 aromatic carbocycles. The van der Waals surface area contributed by atoms with E-state index in [0.29, 0.717) is 19.1 Å². The summed E-state index contributed by atoms with van der Waals surface area (Å²) in [6.45, 7) is 4.84. The SMILES string of the molecule is Cc1cc(C#CCCO)ccc1OCC1CCC(C)O1. The number of aryl methyl sites for hydroxylation is 1. The molecule has 1 aromatic rings. The summed E-state index contributed by atoms with van der Waals surface area (Å²) in [5, 5.41) is 8.70. The van der Waals surface area contributed by atoms with Crippen LogP contribution in [0.4, 0.5) is 0 Å². The summed E-state index contributed by atoms with van der Waals surface area (Å²) in [4.78, 5) is 0. The monoisotopic (exact) mass is 274 g/mol. The van der Waals surface area contributed by atoms with Crippen LogP contribution in [0.15, 0.2) is 18.2 Å². The summed E-state index contributed by atoms with van der Waals surface area (Å²) in [6.07, 6.45) is 3.27. The van der Waals surface area contributed by atoms with E-state index in [0.717, 1.165) is 29.7 Å². The number of hydrogen-bond donors (Lipinski definition) is 1. The summed E-state index contributed by atoms with van der Waals surface area (Å²) in [5.74, 6) is 6.83. The van der Waals surface area contributed by atoms with Crippen molar-refractivity contribution in [2.75, 3.05) is 13.2 Å². The number of hydrogen-bond acceptors (Lipinski definition) is 3. The zero-order valence-electron chi connectivity index (χ0n) is 12.2. The molecule has 2 atom stereocenters. The van der Waals surface area contributed by atoms with Crippen LogP contribution in [-0.2, 0) is 4.74 Å². The Balaban J connectivity index is 1.91. The minimum atomic E-state index is 0.104. The first-order valence-corrected chi connectivity index (χ1v) is 7.17. The van der Waals surface area contributed by atoms with Crippen molar-refractivity contribution in [3.63, 3.8) is 0 Å². The Morgan fingerprint density at radius 3 is 2.90 bits per heavy atom. The molecule has 0 radical (unpaired) electrons. The molecule has 0 bridgehead atoms. The van der Waals surface area contributed by atoms with Gasteiger partial charge in [-0.3, -0.25) is 0 Å². The molecule has 1 fully saturated rings. The van der Waals surface area contributed by atoms with Crippen molar-refractivity contribution in [3.8, 4) is 17.6 Å². The Kier molecular flexibility index (Phi) is 5.46. The molecule has 2 unspecified atom stereocenters. The van der Waals surface area contributed by atoms with Crippen molar-refractivity contribution >= 4 is 0 Å². The molecule has 1 heterocycles. The highest BCUT2D eigenvalue weighted by Gasteiger charge is 2.22. The number of benzene rings is 1. The fourth-order valence-electron chi connectivity index (χ4n) is 2.30. The Labute approximate surface area is 120 Å². The van der Waals surface area contributed by atoms with Gasteiger partial charge in [0.1, 0.15) is 12.4 Å². The molecule has 1 saturated heterocycles. The van der Waals surface area contributed by atoms with Crippen LogP contribution in [0.5, 0.6) is 5.75 Å². The summed E-state index contributed by atoms with van der Waals surface area (Å²) in [6, 6.07) is 5.92. The summed E-state index contributed by atoms with van der Waals surface area (Å²) in [7, 11) is 0. The quantitative estimate of drug-likeness (QED) is 0.858. The lowest BCUT2D eigenvalue weighted by atomic mass is 10.1. The second kappa shape index (κ2) is 7.33. The average Bonchev–Trinajstić information content (AvgIpc) is 2.84. The minimum Gasteiger partial charge on any atom is -0.491 e. The van der Waals surface area contributed by atoms with Crippen LogP contribution in [0.3, 0.4) is 0 Å². The first-order chi connectivity index (χ1) is 9.69. The van der Waals surface area contributed by atoms with Gasteiger partial charge in [0.2, 0.25) is 0 Å². The van der Waals surface area contributed by atoms with Crippen LogP contribution in [0.25, 0.3) is 0 Å². The Morgan fingerprint density at radius 1 is 1.40 bits per heavy atom. The molecular formula is C17H22O3. The normalized spacial score (nSPS) is 21.4. The lowest BCUT2D eigenvalue weighted by Crippen LogP contribution is -2.18. The third-order valence-corrected chi connectivity index (χ3v) is 3.39. The van der Waals surface area contributed by atoms with E-state index >= 15 is 0 Å². The predicted octanol–water partition coefficient (Wildman–Crippen LogP) is 2.68. The summed E-state index contributed by atoms with van der Waals surface area (Å²) < 4.78 is 11.6. The third-order valence-electron chi connectivity index (χ3n) is 3.39. The predicted molar refractivity (Wildman–Crippen MR) is 78.8 cm³/mol. The van der Waals surface area contributed by atoms with E-state index < -0.39 is 0 Å². The summed E-state index contributed by atoms with van der Waals surface area (Å²) >= 11 is 0. The standard InChI is InChI=1S/C17H22O3/c1-13-11-15(5-3-4-10-18)7-9-17(13)19-12-16-8-6-14(2)20-16/h7,9,11,14,16,18H,4,6,8,10,12H2,1-2H3. The number of aliphatic hydroxyl groups is 1. The van der Waals surface area contributed by atoms with E-state index in [-0.39, 0.29) is 12.7 Å². The summed E-state index contributed by atoms with van der Waals surface area (Å²) in [5.41, 5.74) is 2.03. The first-order valence-electron chi connectivity index (χ1n) is 7.17. The maximum absolute atomic E-state index is 8.70. The lowest BCUT2D eigenvalue weighted by Gasteiger charge is -2.14. The van der Waals surface area contributed by atoms with Crippen LogP contribution < -0.4 is 4.74 Å². The highest BCUT2D eigenvalue weighted by Crippen LogP contribution is 2.23. The topological polar surface area (TPSA) is 38.7 Å². The Morgan fingerprint density at radius 2 is 2.25 bits per heavy atom. The molecule has 20 heavy (non-hydrogen) atoms. The second-order valence-electron chi connectivity index (χ2n) is 5.21. The van der Waals surface area contributed by atoms with Gasteiger partial charge >= 0.3 is 0 Å². The molecule has 0 amide bonds. The fraction of sp³-hybridized carbons (Fsp3) is 0.529. The largest absolute Gasteiger partial charge is 0.491 e. The van der Waals surface area contributed by atoms with Crippen LogP contribution in [0.1, 0.15) is 37.3 Å². The lowest BCUT2D eigenvalue weighted by molar-refractivity contribution is 0.0263. The second-order valence-corrected chi connectivity index (χ2v) is 5.21. The van der Waals surface area contributed by atoms with Gasteiger partial charge in [-0.15, -0.1) is 0 Å². The van der Waals surface area contributed by atoms with E-state index in [1.165, 1.54) is 0 Å². The van der Waals surface area contributed by atoms with Crippen molar-refractivity contribution in [1.82, 2.24) is 0 Å².